The zero-order chi connectivity index (χ0) is 18.8. The van der Waals surface area contributed by atoms with Crippen molar-refractivity contribution in [3.63, 3.8) is 0 Å². The van der Waals surface area contributed by atoms with Gasteiger partial charge in [-0.25, -0.2) is 0 Å². The smallest absolute Gasteiger partial charge is 0.237 e. The van der Waals surface area contributed by atoms with Crippen molar-refractivity contribution in [2.24, 2.45) is 17.6 Å². The van der Waals surface area contributed by atoms with Crippen LogP contribution in [0.5, 0.6) is 0 Å². The monoisotopic (exact) mass is 331 g/mol. The second-order valence-electron chi connectivity index (χ2n) is 5.76. The van der Waals surface area contributed by atoms with Gasteiger partial charge in [0.1, 0.15) is 0 Å². The molecule has 0 aliphatic carbocycles. The summed E-state index contributed by atoms with van der Waals surface area (Å²) in [6.45, 7) is 17.4. The third-order valence-corrected chi connectivity index (χ3v) is 3.01. The van der Waals surface area contributed by atoms with E-state index in [4.69, 9.17) is 5.73 Å². The largest absolute Gasteiger partial charge is 0.348 e. The number of hydrogen-bond donors (Lipinski definition) is 3. The van der Waals surface area contributed by atoms with Gasteiger partial charge in [-0.15, -0.1) is 0 Å². The van der Waals surface area contributed by atoms with Crippen LogP contribution in [0.4, 0.5) is 0 Å². The fraction of sp³-hybridized carbons (Fsp3) is 0.889. The highest BCUT2D eigenvalue weighted by atomic mass is 16.2. The molecular formula is C18H41N3O2. The van der Waals surface area contributed by atoms with E-state index in [1.54, 1.807) is 0 Å². The Morgan fingerprint density at radius 1 is 1.04 bits per heavy atom. The molecule has 140 valence electrons. The van der Waals surface area contributed by atoms with E-state index in [2.05, 4.69) is 17.6 Å². The molecule has 0 heterocycles. The number of unbranched alkanes of at least 4 members (excludes halogenated alkanes) is 1. The highest BCUT2D eigenvalue weighted by molar-refractivity contribution is 5.89. The minimum atomic E-state index is -0.218. The summed E-state index contributed by atoms with van der Waals surface area (Å²) in [6.07, 6.45) is 2.39. The van der Waals surface area contributed by atoms with E-state index in [9.17, 15) is 9.59 Å². The molecule has 0 saturated carbocycles. The van der Waals surface area contributed by atoms with Crippen LogP contribution in [0.15, 0.2) is 0 Å². The van der Waals surface area contributed by atoms with E-state index in [0.717, 1.165) is 13.1 Å². The number of carbonyl (C=O) groups excluding carboxylic acids is 2. The molecule has 5 heteroatoms. The van der Waals surface area contributed by atoms with Crippen LogP contribution in [0.1, 0.15) is 68.2 Å². The van der Waals surface area contributed by atoms with Gasteiger partial charge < -0.3 is 16.4 Å². The van der Waals surface area contributed by atoms with Gasteiger partial charge in [-0.3, -0.25) is 9.59 Å². The summed E-state index contributed by atoms with van der Waals surface area (Å²) in [7, 11) is 0. The minimum absolute atomic E-state index is 0.0306. The fourth-order valence-electron chi connectivity index (χ4n) is 1.54. The van der Waals surface area contributed by atoms with Crippen molar-refractivity contribution in [1.82, 2.24) is 10.6 Å². The van der Waals surface area contributed by atoms with E-state index >= 15 is 0 Å². The van der Waals surface area contributed by atoms with Crippen LogP contribution in [0.25, 0.3) is 0 Å². The van der Waals surface area contributed by atoms with Crippen molar-refractivity contribution >= 4 is 11.7 Å². The van der Waals surface area contributed by atoms with E-state index in [0.29, 0.717) is 0 Å². The molecule has 0 aromatic heterocycles. The number of amides is 1. The van der Waals surface area contributed by atoms with Gasteiger partial charge in [-0.2, -0.15) is 0 Å². The normalized spacial score (nSPS) is 11.1. The number of rotatable bonds is 9. The van der Waals surface area contributed by atoms with Crippen LogP contribution < -0.4 is 16.4 Å². The van der Waals surface area contributed by atoms with Crippen LogP contribution in [0, 0.1) is 11.8 Å². The molecule has 0 spiro atoms. The van der Waals surface area contributed by atoms with E-state index < -0.39 is 0 Å². The van der Waals surface area contributed by atoms with Crippen molar-refractivity contribution < 1.29 is 9.59 Å². The molecule has 1 atom stereocenters. The summed E-state index contributed by atoms with van der Waals surface area (Å²) in [6, 6.07) is -0.218. The van der Waals surface area contributed by atoms with Crippen molar-refractivity contribution in [1.29, 1.82) is 0 Å². The standard InChI is InChI=1S/C12H24N2O2.C4H11N.C2H6/c1-6-13-11(9(4)5)12(16)14-7-10(15)8(2)3;1-2-3-4-5;1-2/h8-9,11,13H,6-7H2,1-5H3,(H,14,16);2-5H2,1H3;1-2H3. The first-order valence-electron chi connectivity index (χ1n) is 9.05. The van der Waals surface area contributed by atoms with Crippen molar-refractivity contribution in [2.45, 2.75) is 74.3 Å². The van der Waals surface area contributed by atoms with Gasteiger partial charge in [0.15, 0.2) is 5.78 Å². The van der Waals surface area contributed by atoms with E-state index in [1.165, 1.54) is 12.8 Å². The maximum absolute atomic E-state index is 11.8. The summed E-state index contributed by atoms with van der Waals surface area (Å²) in [4.78, 5) is 23.1. The van der Waals surface area contributed by atoms with E-state index in [1.807, 2.05) is 48.5 Å². The molecule has 0 aliphatic rings. The highest BCUT2D eigenvalue weighted by Gasteiger charge is 2.21. The molecule has 5 nitrogen and oxygen atoms in total. The molecule has 0 radical (unpaired) electrons. The van der Waals surface area contributed by atoms with Gasteiger partial charge in [0, 0.05) is 5.92 Å². The summed E-state index contributed by atoms with van der Waals surface area (Å²) in [5, 5.41) is 5.79. The average molecular weight is 332 g/mol. The van der Waals surface area contributed by atoms with Crippen LogP contribution >= 0.6 is 0 Å². The van der Waals surface area contributed by atoms with Crippen LogP contribution in [-0.2, 0) is 9.59 Å². The maximum Gasteiger partial charge on any atom is 0.237 e. The SMILES string of the molecule is CC.CCCCN.CCNC(C(=O)NCC(=O)C(C)C)C(C)C. The first-order chi connectivity index (χ1) is 10.8. The van der Waals surface area contributed by atoms with Crippen LogP contribution in [0.2, 0.25) is 0 Å². The van der Waals surface area contributed by atoms with Gasteiger partial charge in [-0.05, 0) is 25.4 Å². The van der Waals surface area contributed by atoms with Crippen LogP contribution in [-0.4, -0.2) is 37.4 Å². The molecule has 0 bridgehead atoms. The Morgan fingerprint density at radius 2 is 1.57 bits per heavy atom. The lowest BCUT2D eigenvalue weighted by Crippen LogP contribution is -2.48. The lowest BCUT2D eigenvalue weighted by atomic mass is 10.0. The van der Waals surface area contributed by atoms with Gasteiger partial charge in [0.25, 0.3) is 0 Å². The number of nitrogens with one attached hydrogen (secondary N) is 2. The molecular weight excluding hydrogens is 290 g/mol. The number of Topliss-reactive ketones (excluding diaryl/α,β-unsaturated/α-hetero) is 1. The first kappa shape index (κ1) is 26.9. The number of hydrogen-bond acceptors (Lipinski definition) is 4. The van der Waals surface area contributed by atoms with Crippen molar-refractivity contribution in [3.05, 3.63) is 0 Å². The van der Waals surface area contributed by atoms with Gasteiger partial charge in [-0.1, -0.05) is 61.8 Å². The molecule has 0 saturated heterocycles. The molecule has 0 fully saturated rings. The molecule has 1 unspecified atom stereocenters. The average Bonchev–Trinajstić information content (AvgIpc) is 2.52. The summed E-state index contributed by atoms with van der Waals surface area (Å²) in [5.41, 5.74) is 5.14. The lowest BCUT2D eigenvalue weighted by Gasteiger charge is -2.20. The molecule has 23 heavy (non-hydrogen) atoms. The van der Waals surface area contributed by atoms with Crippen LogP contribution in [0.3, 0.4) is 0 Å². The Balaban J connectivity index is -0.000000483. The Hall–Kier alpha value is -0.940. The third kappa shape index (κ3) is 17.2. The predicted molar refractivity (Wildman–Crippen MR) is 100 cm³/mol. The molecule has 0 aromatic rings. The topological polar surface area (TPSA) is 84.2 Å². The molecule has 4 N–H and O–H groups in total. The predicted octanol–water partition coefficient (Wildman–Crippen LogP) is 2.73. The zero-order valence-corrected chi connectivity index (χ0v) is 16.7. The molecule has 1 amide bonds. The second-order valence-corrected chi connectivity index (χ2v) is 5.76. The van der Waals surface area contributed by atoms with E-state index in [-0.39, 0.29) is 36.1 Å². The number of carbonyl (C=O) groups is 2. The third-order valence-electron chi connectivity index (χ3n) is 3.01. The van der Waals surface area contributed by atoms with Crippen molar-refractivity contribution in [2.75, 3.05) is 19.6 Å². The summed E-state index contributed by atoms with van der Waals surface area (Å²) >= 11 is 0. The molecule has 0 aliphatic heterocycles. The maximum atomic E-state index is 11.8. The lowest BCUT2D eigenvalue weighted by molar-refractivity contribution is -0.128. The van der Waals surface area contributed by atoms with Gasteiger partial charge in [0.2, 0.25) is 5.91 Å². The summed E-state index contributed by atoms with van der Waals surface area (Å²) < 4.78 is 0. The number of likely N-dealkylation sites (N-methyl/N-ethyl adjacent to an activating group) is 1. The Labute approximate surface area is 144 Å². The minimum Gasteiger partial charge on any atom is -0.348 e. The quantitative estimate of drug-likeness (QED) is 0.606. The Kier molecular flexibility index (Phi) is 22.4. The van der Waals surface area contributed by atoms with Gasteiger partial charge in [0.05, 0.1) is 12.6 Å². The summed E-state index contributed by atoms with van der Waals surface area (Å²) in [5.74, 6) is 0.157. The zero-order valence-electron chi connectivity index (χ0n) is 16.7. The highest BCUT2D eigenvalue weighted by Crippen LogP contribution is 2.01. The number of ketones is 1. The Bertz CT molecular complexity index is 277. The first-order valence-corrected chi connectivity index (χ1v) is 9.05. The molecule has 0 aromatic carbocycles. The number of nitrogens with two attached hydrogens (primary N) is 1. The van der Waals surface area contributed by atoms with Crippen molar-refractivity contribution in [3.8, 4) is 0 Å². The molecule has 0 rings (SSSR count). The fourth-order valence-corrected chi connectivity index (χ4v) is 1.54. The van der Waals surface area contributed by atoms with Gasteiger partial charge >= 0.3 is 0 Å². The Morgan fingerprint density at radius 3 is 1.83 bits per heavy atom. The second kappa shape index (κ2) is 19.1.